The van der Waals surface area contributed by atoms with Gasteiger partial charge in [0.2, 0.25) is 0 Å². The molecule has 2 nitrogen and oxygen atoms in total. The number of halogens is 1. The number of nitriles is 1. The number of rotatable bonds is 4. The van der Waals surface area contributed by atoms with E-state index in [-0.39, 0.29) is 5.92 Å². The van der Waals surface area contributed by atoms with Crippen LogP contribution in [0.1, 0.15) is 24.1 Å². The summed E-state index contributed by atoms with van der Waals surface area (Å²) in [5, 5.41) is 12.5. The van der Waals surface area contributed by atoms with Crippen LogP contribution < -0.4 is 5.32 Å². The van der Waals surface area contributed by atoms with E-state index in [0.29, 0.717) is 6.04 Å². The minimum atomic E-state index is 0.232. The Balaban J connectivity index is 1.74. The maximum absolute atomic E-state index is 8.96. The molecule has 2 rings (SSSR count). The predicted octanol–water partition coefficient (Wildman–Crippen LogP) is 3.33. The van der Waals surface area contributed by atoms with Crippen LogP contribution in [0.4, 0.5) is 0 Å². The van der Waals surface area contributed by atoms with Crippen molar-refractivity contribution in [2.45, 2.75) is 31.7 Å². The van der Waals surface area contributed by atoms with Crippen LogP contribution >= 0.6 is 27.3 Å². The molecule has 0 saturated heterocycles. The van der Waals surface area contributed by atoms with Crippen molar-refractivity contribution in [1.82, 2.24) is 5.32 Å². The van der Waals surface area contributed by atoms with Gasteiger partial charge in [0.1, 0.15) is 0 Å². The third-order valence-electron chi connectivity index (χ3n) is 3.09. The summed E-state index contributed by atoms with van der Waals surface area (Å²) in [5.74, 6) is 0.232. The molecule has 0 aliphatic heterocycles. The second-order valence-electron chi connectivity index (χ2n) is 4.18. The van der Waals surface area contributed by atoms with Crippen molar-refractivity contribution in [2.24, 2.45) is 5.92 Å². The van der Waals surface area contributed by atoms with Crippen LogP contribution in [-0.2, 0) is 6.42 Å². The smallest absolute Gasteiger partial charge is 0.0701 e. The van der Waals surface area contributed by atoms with E-state index < -0.39 is 0 Å². The van der Waals surface area contributed by atoms with Crippen molar-refractivity contribution in [3.8, 4) is 6.07 Å². The van der Waals surface area contributed by atoms with E-state index in [1.165, 1.54) is 15.1 Å². The van der Waals surface area contributed by atoms with E-state index in [0.717, 1.165) is 25.8 Å². The fourth-order valence-electron chi connectivity index (χ4n) is 2.23. The molecule has 1 N–H and O–H groups in total. The van der Waals surface area contributed by atoms with Gasteiger partial charge >= 0.3 is 0 Å². The summed E-state index contributed by atoms with van der Waals surface area (Å²) in [6.07, 6.45) is 4.48. The first kappa shape index (κ1) is 12.1. The highest BCUT2D eigenvalue weighted by molar-refractivity contribution is 9.11. The van der Waals surface area contributed by atoms with Crippen molar-refractivity contribution in [3.05, 3.63) is 20.8 Å². The van der Waals surface area contributed by atoms with E-state index in [4.69, 9.17) is 5.26 Å². The molecule has 0 radical (unpaired) electrons. The second kappa shape index (κ2) is 5.81. The summed E-state index contributed by atoms with van der Waals surface area (Å²) in [4.78, 5) is 1.39. The molecule has 1 aromatic heterocycles. The SMILES string of the molecule is N#CC1CCCC1NCCc1ccc(Br)s1. The maximum atomic E-state index is 8.96. The quantitative estimate of drug-likeness (QED) is 0.925. The fraction of sp³-hybridized carbons (Fsp3) is 0.583. The Kier molecular flexibility index (Phi) is 4.39. The van der Waals surface area contributed by atoms with Gasteiger partial charge in [0.15, 0.2) is 0 Å². The number of nitrogens with zero attached hydrogens (tertiary/aromatic N) is 1. The zero-order valence-electron chi connectivity index (χ0n) is 9.08. The minimum absolute atomic E-state index is 0.232. The van der Waals surface area contributed by atoms with Gasteiger partial charge in [-0.05, 0) is 47.3 Å². The van der Waals surface area contributed by atoms with Crippen molar-refractivity contribution in [2.75, 3.05) is 6.54 Å². The Morgan fingerprint density at radius 1 is 1.50 bits per heavy atom. The third kappa shape index (κ3) is 3.07. The van der Waals surface area contributed by atoms with Gasteiger partial charge < -0.3 is 5.32 Å². The number of hydrogen-bond donors (Lipinski definition) is 1. The molecule has 2 unspecified atom stereocenters. The Hall–Kier alpha value is -0.370. The Morgan fingerprint density at radius 3 is 3.06 bits per heavy atom. The lowest BCUT2D eigenvalue weighted by atomic mass is 10.1. The van der Waals surface area contributed by atoms with Crippen LogP contribution in [0.5, 0.6) is 0 Å². The van der Waals surface area contributed by atoms with E-state index in [2.05, 4.69) is 39.4 Å². The molecule has 1 saturated carbocycles. The summed E-state index contributed by atoms with van der Waals surface area (Å²) >= 11 is 5.25. The van der Waals surface area contributed by atoms with Crippen LogP contribution in [0.25, 0.3) is 0 Å². The highest BCUT2D eigenvalue weighted by Gasteiger charge is 2.26. The number of nitrogens with one attached hydrogen (secondary N) is 1. The highest BCUT2D eigenvalue weighted by atomic mass is 79.9. The average Bonchev–Trinajstić information content (AvgIpc) is 2.87. The molecule has 86 valence electrons. The topological polar surface area (TPSA) is 35.8 Å². The molecule has 0 aromatic carbocycles. The molecule has 1 aliphatic rings. The number of thiophene rings is 1. The molecule has 1 aromatic rings. The summed E-state index contributed by atoms with van der Waals surface area (Å²) in [6, 6.07) is 7.07. The average molecular weight is 299 g/mol. The van der Waals surface area contributed by atoms with Crippen molar-refractivity contribution < 1.29 is 0 Å². The molecule has 0 amide bonds. The first-order chi connectivity index (χ1) is 7.79. The number of hydrogen-bond acceptors (Lipinski definition) is 3. The van der Waals surface area contributed by atoms with Gasteiger partial charge in [-0.15, -0.1) is 11.3 Å². The lowest BCUT2D eigenvalue weighted by Gasteiger charge is -2.14. The normalized spacial score (nSPS) is 24.5. The van der Waals surface area contributed by atoms with Crippen molar-refractivity contribution in [1.29, 1.82) is 5.26 Å². The summed E-state index contributed by atoms with van der Waals surface area (Å²) in [7, 11) is 0. The zero-order valence-corrected chi connectivity index (χ0v) is 11.5. The molecular weight excluding hydrogens is 284 g/mol. The van der Waals surface area contributed by atoms with Gasteiger partial charge in [-0.25, -0.2) is 0 Å². The van der Waals surface area contributed by atoms with Crippen LogP contribution in [0.3, 0.4) is 0 Å². The van der Waals surface area contributed by atoms with Gasteiger partial charge in [0.05, 0.1) is 15.8 Å². The van der Waals surface area contributed by atoms with E-state index in [1.54, 1.807) is 11.3 Å². The fourth-order valence-corrected chi connectivity index (χ4v) is 3.71. The van der Waals surface area contributed by atoms with Crippen LogP contribution in [0.2, 0.25) is 0 Å². The first-order valence-electron chi connectivity index (χ1n) is 5.67. The molecule has 16 heavy (non-hydrogen) atoms. The maximum Gasteiger partial charge on any atom is 0.0701 e. The molecule has 2 atom stereocenters. The van der Waals surface area contributed by atoms with Gasteiger partial charge in [0, 0.05) is 17.5 Å². The standard InChI is InChI=1S/C12H15BrN2S/c13-12-5-4-10(16-12)6-7-15-11-3-1-2-9(11)8-14/h4-5,9,11,15H,1-3,6-7H2. The molecular formula is C12H15BrN2S. The van der Waals surface area contributed by atoms with Crippen molar-refractivity contribution in [3.63, 3.8) is 0 Å². The van der Waals surface area contributed by atoms with Crippen molar-refractivity contribution >= 4 is 27.3 Å². The van der Waals surface area contributed by atoms with Crippen LogP contribution in [0, 0.1) is 17.2 Å². The zero-order chi connectivity index (χ0) is 11.4. The summed E-state index contributed by atoms with van der Waals surface area (Å²) in [5.41, 5.74) is 0. The lowest BCUT2D eigenvalue weighted by Crippen LogP contribution is -2.33. The van der Waals surface area contributed by atoms with Gasteiger partial charge in [-0.3, -0.25) is 0 Å². The Bertz CT molecular complexity index is 383. The van der Waals surface area contributed by atoms with E-state index in [1.807, 2.05) is 0 Å². The highest BCUT2D eigenvalue weighted by Crippen LogP contribution is 2.25. The molecule has 4 heteroatoms. The van der Waals surface area contributed by atoms with Crippen LogP contribution in [0.15, 0.2) is 15.9 Å². The van der Waals surface area contributed by atoms with Gasteiger partial charge in [-0.1, -0.05) is 6.42 Å². The molecule has 0 spiro atoms. The third-order valence-corrected chi connectivity index (χ3v) is 4.77. The molecule has 1 heterocycles. The van der Waals surface area contributed by atoms with Gasteiger partial charge in [-0.2, -0.15) is 5.26 Å². The molecule has 0 bridgehead atoms. The second-order valence-corrected chi connectivity index (χ2v) is 6.73. The predicted molar refractivity (Wildman–Crippen MR) is 70.5 cm³/mol. The monoisotopic (exact) mass is 298 g/mol. The summed E-state index contributed by atoms with van der Waals surface area (Å²) < 4.78 is 1.19. The van der Waals surface area contributed by atoms with Gasteiger partial charge in [0.25, 0.3) is 0 Å². The Labute approximate surface area is 109 Å². The van der Waals surface area contributed by atoms with E-state index in [9.17, 15) is 0 Å². The summed E-state index contributed by atoms with van der Waals surface area (Å²) in [6.45, 7) is 0.982. The lowest BCUT2D eigenvalue weighted by molar-refractivity contribution is 0.469. The first-order valence-corrected chi connectivity index (χ1v) is 7.28. The minimum Gasteiger partial charge on any atom is -0.312 e. The Morgan fingerprint density at radius 2 is 2.38 bits per heavy atom. The molecule has 1 aliphatic carbocycles. The van der Waals surface area contributed by atoms with Crippen LogP contribution in [-0.4, -0.2) is 12.6 Å². The molecule has 1 fully saturated rings. The largest absolute Gasteiger partial charge is 0.312 e. The van der Waals surface area contributed by atoms with E-state index >= 15 is 0 Å².